The number of hydrogen-bond acceptors (Lipinski definition) is 3. The molecule has 3 N–H and O–H groups in total. The van der Waals surface area contributed by atoms with Crippen molar-refractivity contribution in [2.24, 2.45) is 0 Å². The van der Waals surface area contributed by atoms with Crippen LogP contribution >= 0.6 is 0 Å². The fraction of sp³-hybridized carbons (Fsp3) is 0.877. The van der Waals surface area contributed by atoms with Gasteiger partial charge in [0.25, 0.3) is 0 Å². The summed E-state index contributed by atoms with van der Waals surface area (Å²) >= 11 is 0. The number of allylic oxidation sites excluding steroid dienone is 5. The molecule has 2 atom stereocenters. The molecule has 0 rings (SSSR count). The summed E-state index contributed by atoms with van der Waals surface area (Å²) in [4.78, 5) is 12.5. The maximum atomic E-state index is 12.5. The van der Waals surface area contributed by atoms with Gasteiger partial charge in [0, 0.05) is 6.42 Å². The third-order valence-electron chi connectivity index (χ3n) is 12.9. The summed E-state index contributed by atoms with van der Waals surface area (Å²) in [6.07, 6.45) is 71.7. The van der Waals surface area contributed by atoms with Crippen LogP contribution in [0.1, 0.15) is 303 Å². The number of unbranched alkanes of at least 4 members (excludes halogenated alkanes) is 40. The molecule has 4 heteroatoms. The molecule has 0 saturated heterocycles. The third-order valence-corrected chi connectivity index (χ3v) is 12.9. The van der Waals surface area contributed by atoms with Gasteiger partial charge in [-0.2, -0.15) is 0 Å². The largest absolute Gasteiger partial charge is 0.394 e. The van der Waals surface area contributed by atoms with Gasteiger partial charge in [0.1, 0.15) is 0 Å². The highest BCUT2D eigenvalue weighted by atomic mass is 16.3. The summed E-state index contributed by atoms with van der Waals surface area (Å²) in [7, 11) is 0. The van der Waals surface area contributed by atoms with Crippen molar-refractivity contribution in [2.75, 3.05) is 6.61 Å². The molecule has 360 valence electrons. The topological polar surface area (TPSA) is 69.6 Å². The summed E-state index contributed by atoms with van der Waals surface area (Å²) < 4.78 is 0. The first-order valence-electron chi connectivity index (χ1n) is 27.7. The predicted octanol–water partition coefficient (Wildman–Crippen LogP) is 18.1. The van der Waals surface area contributed by atoms with Gasteiger partial charge in [0.2, 0.25) is 5.91 Å². The maximum absolute atomic E-state index is 12.5. The van der Waals surface area contributed by atoms with E-state index < -0.39 is 12.1 Å². The molecule has 61 heavy (non-hydrogen) atoms. The van der Waals surface area contributed by atoms with Crippen molar-refractivity contribution in [3.05, 3.63) is 36.5 Å². The van der Waals surface area contributed by atoms with Crippen LogP contribution in [0, 0.1) is 0 Å². The van der Waals surface area contributed by atoms with Gasteiger partial charge in [-0.25, -0.2) is 0 Å². The van der Waals surface area contributed by atoms with Gasteiger partial charge in [-0.15, -0.1) is 0 Å². The Kier molecular flexibility index (Phi) is 51.7. The quantitative estimate of drug-likeness (QED) is 0.0422. The Bertz CT molecular complexity index is 928. The normalized spacial score (nSPS) is 13.0. The molecule has 2 unspecified atom stereocenters. The van der Waals surface area contributed by atoms with E-state index in [0.29, 0.717) is 6.42 Å². The number of carbonyl (C=O) groups is 1. The molecule has 1 amide bonds. The first kappa shape index (κ1) is 59.6. The lowest BCUT2D eigenvalue weighted by Gasteiger charge is -2.19. The summed E-state index contributed by atoms with van der Waals surface area (Å²) in [6.45, 7) is 4.32. The predicted molar refractivity (Wildman–Crippen MR) is 272 cm³/mol. The van der Waals surface area contributed by atoms with E-state index in [4.69, 9.17) is 0 Å². The zero-order valence-corrected chi connectivity index (χ0v) is 41.4. The summed E-state index contributed by atoms with van der Waals surface area (Å²) in [5.74, 6) is -0.0722. The van der Waals surface area contributed by atoms with Crippen molar-refractivity contribution in [1.29, 1.82) is 0 Å². The van der Waals surface area contributed by atoms with Crippen molar-refractivity contribution in [2.45, 2.75) is 315 Å². The Hall–Kier alpha value is -1.39. The Labute approximate surface area is 382 Å². The number of amides is 1. The Morgan fingerprint density at radius 1 is 0.377 bits per heavy atom. The fourth-order valence-electron chi connectivity index (χ4n) is 8.63. The van der Waals surface area contributed by atoms with Crippen LogP contribution in [-0.2, 0) is 4.79 Å². The molecule has 0 aliphatic rings. The highest BCUT2D eigenvalue weighted by Gasteiger charge is 2.18. The van der Waals surface area contributed by atoms with E-state index in [1.54, 1.807) is 6.08 Å². The molecule has 0 aromatic carbocycles. The van der Waals surface area contributed by atoms with Crippen LogP contribution in [0.5, 0.6) is 0 Å². The van der Waals surface area contributed by atoms with Crippen molar-refractivity contribution < 1.29 is 15.0 Å². The van der Waals surface area contributed by atoms with E-state index in [1.165, 1.54) is 244 Å². The van der Waals surface area contributed by atoms with Crippen LogP contribution in [0.3, 0.4) is 0 Å². The second kappa shape index (κ2) is 53.0. The van der Waals surface area contributed by atoms with Crippen LogP contribution < -0.4 is 5.32 Å². The standard InChI is InChI=1S/C57H109NO3/c1-3-5-7-9-11-13-15-17-19-21-23-25-26-27-28-29-30-31-32-33-35-37-39-41-43-45-47-49-51-53-57(61)58-55(54-59)56(60)52-50-48-46-44-42-40-38-36-34-24-22-20-18-16-14-12-10-8-6-4-2/h34,36,42,44,50,52,55-56,59-60H,3-33,35,37-41,43,45-49,51,53-54H2,1-2H3,(H,58,61)/b36-34+,44-42+,52-50+. The Morgan fingerprint density at radius 3 is 0.951 bits per heavy atom. The first-order chi connectivity index (χ1) is 30.2. The number of aliphatic hydroxyl groups excluding tert-OH is 2. The monoisotopic (exact) mass is 856 g/mol. The van der Waals surface area contributed by atoms with Gasteiger partial charge in [-0.1, -0.05) is 288 Å². The minimum Gasteiger partial charge on any atom is -0.394 e. The molecule has 0 aromatic heterocycles. The Balaban J connectivity index is 3.50. The molecule has 0 aliphatic carbocycles. The Morgan fingerprint density at radius 2 is 0.639 bits per heavy atom. The van der Waals surface area contributed by atoms with Crippen LogP contribution in [-0.4, -0.2) is 34.9 Å². The van der Waals surface area contributed by atoms with E-state index in [-0.39, 0.29) is 12.5 Å². The number of carbonyl (C=O) groups excluding carboxylic acids is 1. The third kappa shape index (κ3) is 49.5. The molecule has 0 radical (unpaired) electrons. The zero-order chi connectivity index (χ0) is 44.2. The van der Waals surface area contributed by atoms with E-state index in [0.717, 1.165) is 38.5 Å². The van der Waals surface area contributed by atoms with Gasteiger partial charge >= 0.3 is 0 Å². The molecule has 4 nitrogen and oxygen atoms in total. The van der Waals surface area contributed by atoms with Gasteiger partial charge in [0.15, 0.2) is 0 Å². The van der Waals surface area contributed by atoms with Gasteiger partial charge in [-0.3, -0.25) is 4.79 Å². The highest BCUT2D eigenvalue weighted by molar-refractivity contribution is 5.76. The average molecular weight is 857 g/mol. The highest BCUT2D eigenvalue weighted by Crippen LogP contribution is 2.17. The molecular formula is C57H109NO3. The van der Waals surface area contributed by atoms with Crippen LogP contribution in [0.25, 0.3) is 0 Å². The second-order valence-electron chi connectivity index (χ2n) is 19.0. The van der Waals surface area contributed by atoms with Gasteiger partial charge in [0.05, 0.1) is 18.8 Å². The van der Waals surface area contributed by atoms with E-state index in [2.05, 4.69) is 43.5 Å². The summed E-state index contributed by atoms with van der Waals surface area (Å²) in [5, 5.41) is 23.1. The van der Waals surface area contributed by atoms with Crippen molar-refractivity contribution in [3.63, 3.8) is 0 Å². The smallest absolute Gasteiger partial charge is 0.220 e. The molecule has 0 aromatic rings. The molecule has 0 saturated carbocycles. The number of nitrogens with one attached hydrogen (secondary N) is 1. The van der Waals surface area contributed by atoms with Crippen molar-refractivity contribution >= 4 is 5.91 Å². The minimum absolute atomic E-state index is 0.0722. The van der Waals surface area contributed by atoms with E-state index >= 15 is 0 Å². The maximum Gasteiger partial charge on any atom is 0.220 e. The molecule has 0 fully saturated rings. The number of aliphatic hydroxyl groups is 2. The zero-order valence-electron chi connectivity index (χ0n) is 41.4. The SMILES string of the molecule is CCCCCCCCCCCC/C=C/CC/C=C/CC/C=C/C(O)C(CO)NC(=O)CCCCCCCCCCCCCCCCCCCCCCCCCCCCCCC. The molecule has 0 bridgehead atoms. The van der Waals surface area contributed by atoms with Crippen LogP contribution in [0.15, 0.2) is 36.5 Å². The minimum atomic E-state index is -0.868. The van der Waals surface area contributed by atoms with Crippen LogP contribution in [0.2, 0.25) is 0 Å². The average Bonchev–Trinajstić information content (AvgIpc) is 3.26. The number of rotatable bonds is 51. The van der Waals surface area contributed by atoms with Crippen molar-refractivity contribution in [3.8, 4) is 0 Å². The molecule has 0 heterocycles. The lowest BCUT2D eigenvalue weighted by molar-refractivity contribution is -0.123. The molecule has 0 aliphatic heterocycles. The lowest BCUT2D eigenvalue weighted by Crippen LogP contribution is -2.45. The number of hydrogen-bond donors (Lipinski definition) is 3. The second-order valence-corrected chi connectivity index (χ2v) is 19.0. The van der Waals surface area contributed by atoms with E-state index in [9.17, 15) is 15.0 Å². The van der Waals surface area contributed by atoms with Gasteiger partial charge in [-0.05, 0) is 44.9 Å². The summed E-state index contributed by atoms with van der Waals surface area (Å²) in [6, 6.07) is -0.643. The van der Waals surface area contributed by atoms with Crippen molar-refractivity contribution in [1.82, 2.24) is 5.32 Å². The first-order valence-corrected chi connectivity index (χ1v) is 27.7. The molecule has 0 spiro atoms. The van der Waals surface area contributed by atoms with Gasteiger partial charge < -0.3 is 15.5 Å². The lowest BCUT2D eigenvalue weighted by atomic mass is 10.0. The fourth-order valence-corrected chi connectivity index (χ4v) is 8.63. The van der Waals surface area contributed by atoms with Crippen LogP contribution in [0.4, 0.5) is 0 Å². The summed E-state index contributed by atoms with van der Waals surface area (Å²) in [5.41, 5.74) is 0. The van der Waals surface area contributed by atoms with E-state index in [1.807, 2.05) is 6.08 Å². The molecular weight excluding hydrogens is 747 g/mol.